The third-order valence-corrected chi connectivity index (χ3v) is 2.54. The summed E-state index contributed by atoms with van der Waals surface area (Å²) < 4.78 is 18.8. The van der Waals surface area contributed by atoms with Crippen molar-refractivity contribution in [2.45, 2.75) is 6.92 Å². The zero-order valence-electron chi connectivity index (χ0n) is 10.3. The van der Waals surface area contributed by atoms with Crippen LogP contribution >= 0.6 is 0 Å². The number of nitro groups is 1. The van der Waals surface area contributed by atoms with Gasteiger partial charge in [0.25, 0.3) is 5.88 Å². The number of pyridine rings is 1. The van der Waals surface area contributed by atoms with E-state index in [4.69, 9.17) is 10.00 Å². The molecule has 0 spiro atoms. The van der Waals surface area contributed by atoms with Crippen molar-refractivity contribution in [2.75, 3.05) is 0 Å². The van der Waals surface area contributed by atoms with E-state index in [0.717, 1.165) is 6.07 Å². The van der Waals surface area contributed by atoms with Crippen LogP contribution in [-0.4, -0.2) is 9.91 Å². The van der Waals surface area contributed by atoms with Crippen molar-refractivity contribution in [2.24, 2.45) is 0 Å². The van der Waals surface area contributed by atoms with Crippen LogP contribution in [0.4, 0.5) is 10.1 Å². The Morgan fingerprint density at radius 2 is 2.20 bits per heavy atom. The summed E-state index contributed by atoms with van der Waals surface area (Å²) in [5.74, 6) is -1.31. The number of hydrogen-bond donors (Lipinski definition) is 0. The zero-order chi connectivity index (χ0) is 14.7. The van der Waals surface area contributed by atoms with Crippen LogP contribution in [0.2, 0.25) is 0 Å². The van der Waals surface area contributed by atoms with Gasteiger partial charge in [0.15, 0.2) is 11.6 Å². The minimum Gasteiger partial charge on any atom is -0.431 e. The number of hydrogen-bond acceptors (Lipinski definition) is 5. The molecule has 1 heterocycles. The number of halogens is 1. The van der Waals surface area contributed by atoms with Crippen LogP contribution in [0.25, 0.3) is 0 Å². The molecule has 20 heavy (non-hydrogen) atoms. The topological polar surface area (TPSA) is 89.0 Å². The first-order valence-corrected chi connectivity index (χ1v) is 5.50. The molecule has 100 valence electrons. The molecule has 1 aromatic heterocycles. The van der Waals surface area contributed by atoms with Crippen LogP contribution in [0.5, 0.6) is 11.6 Å². The lowest BCUT2D eigenvalue weighted by Gasteiger charge is -2.07. The first-order chi connectivity index (χ1) is 9.52. The van der Waals surface area contributed by atoms with E-state index in [1.165, 1.54) is 31.3 Å². The maximum Gasteiger partial charge on any atom is 0.334 e. The molecule has 7 heteroatoms. The van der Waals surface area contributed by atoms with Gasteiger partial charge in [-0.25, -0.2) is 9.37 Å². The van der Waals surface area contributed by atoms with Gasteiger partial charge in [-0.3, -0.25) is 10.1 Å². The van der Waals surface area contributed by atoms with Crippen molar-refractivity contribution in [3.63, 3.8) is 0 Å². The van der Waals surface area contributed by atoms with E-state index in [-0.39, 0.29) is 22.9 Å². The molecule has 1 aromatic carbocycles. The van der Waals surface area contributed by atoms with Crippen LogP contribution in [0.1, 0.15) is 11.1 Å². The van der Waals surface area contributed by atoms with E-state index in [9.17, 15) is 14.5 Å². The van der Waals surface area contributed by atoms with Gasteiger partial charge < -0.3 is 4.74 Å². The number of ether oxygens (including phenoxy) is 1. The van der Waals surface area contributed by atoms with E-state index >= 15 is 0 Å². The normalized spacial score (nSPS) is 9.85. The molecular formula is C13H8FN3O3. The summed E-state index contributed by atoms with van der Waals surface area (Å²) in [5.41, 5.74) is 0.159. The first-order valence-electron chi connectivity index (χ1n) is 5.50. The second-order valence-electron chi connectivity index (χ2n) is 3.90. The number of aromatic nitrogens is 1. The summed E-state index contributed by atoms with van der Waals surface area (Å²) in [6.07, 6.45) is 1.33. The lowest BCUT2D eigenvalue weighted by molar-refractivity contribution is -0.386. The Kier molecular flexibility index (Phi) is 3.57. The van der Waals surface area contributed by atoms with Gasteiger partial charge in [-0.05, 0) is 31.2 Å². The fourth-order valence-electron chi connectivity index (χ4n) is 1.58. The van der Waals surface area contributed by atoms with Gasteiger partial charge in [0.05, 0.1) is 16.6 Å². The van der Waals surface area contributed by atoms with E-state index < -0.39 is 10.7 Å². The number of rotatable bonds is 3. The van der Waals surface area contributed by atoms with Gasteiger partial charge in [-0.15, -0.1) is 0 Å². The Balaban J connectivity index is 2.43. The summed E-state index contributed by atoms with van der Waals surface area (Å²) in [4.78, 5) is 14.1. The Morgan fingerprint density at radius 3 is 2.80 bits per heavy atom. The smallest absolute Gasteiger partial charge is 0.334 e. The fraction of sp³-hybridized carbons (Fsp3) is 0.0769. The van der Waals surface area contributed by atoms with E-state index in [1.807, 2.05) is 0 Å². The van der Waals surface area contributed by atoms with Crippen LogP contribution < -0.4 is 4.74 Å². The quantitative estimate of drug-likeness (QED) is 0.633. The Morgan fingerprint density at radius 1 is 1.45 bits per heavy atom. The number of aryl methyl sites for hydroxylation is 1. The second-order valence-corrected chi connectivity index (χ2v) is 3.90. The maximum absolute atomic E-state index is 13.7. The first kappa shape index (κ1) is 13.4. The van der Waals surface area contributed by atoms with E-state index in [2.05, 4.69) is 4.98 Å². The average molecular weight is 273 g/mol. The molecule has 0 atom stereocenters. The lowest BCUT2D eigenvalue weighted by Crippen LogP contribution is -1.99. The van der Waals surface area contributed by atoms with Crippen molar-refractivity contribution in [3.05, 3.63) is 57.5 Å². The lowest BCUT2D eigenvalue weighted by atomic mass is 10.2. The Hall–Kier alpha value is -3.01. The van der Waals surface area contributed by atoms with Gasteiger partial charge in [-0.1, -0.05) is 0 Å². The summed E-state index contributed by atoms with van der Waals surface area (Å²) in [6.45, 7) is 1.53. The highest BCUT2D eigenvalue weighted by Gasteiger charge is 2.21. The highest BCUT2D eigenvalue weighted by atomic mass is 19.1. The summed E-state index contributed by atoms with van der Waals surface area (Å²) >= 11 is 0. The molecule has 0 aliphatic carbocycles. The van der Waals surface area contributed by atoms with Crippen LogP contribution in [-0.2, 0) is 0 Å². The highest BCUT2D eigenvalue weighted by molar-refractivity contribution is 5.49. The van der Waals surface area contributed by atoms with E-state index in [0.29, 0.717) is 5.56 Å². The Labute approximate surface area is 113 Å². The third kappa shape index (κ3) is 2.54. The van der Waals surface area contributed by atoms with Crippen molar-refractivity contribution in [1.82, 2.24) is 4.98 Å². The van der Waals surface area contributed by atoms with Gasteiger partial charge in [0, 0.05) is 11.8 Å². The van der Waals surface area contributed by atoms with Crippen LogP contribution in [0.15, 0.2) is 30.5 Å². The predicted molar refractivity (Wildman–Crippen MR) is 66.8 cm³/mol. The molecule has 0 amide bonds. The van der Waals surface area contributed by atoms with Crippen LogP contribution in [0, 0.1) is 34.2 Å². The predicted octanol–water partition coefficient (Wildman–Crippen LogP) is 3.10. The van der Waals surface area contributed by atoms with E-state index in [1.54, 1.807) is 6.07 Å². The number of nitriles is 1. The van der Waals surface area contributed by atoms with Gasteiger partial charge >= 0.3 is 5.69 Å². The summed E-state index contributed by atoms with van der Waals surface area (Å²) in [7, 11) is 0. The standard InChI is InChI=1S/C13H8FN3O3/c1-8-4-5-16-13(12(8)17(18)19)20-11-3-2-9(7-15)6-10(11)14/h2-6H,1H3. The molecule has 2 rings (SSSR count). The minimum atomic E-state index is -0.790. The zero-order valence-corrected chi connectivity index (χ0v) is 10.3. The molecule has 0 radical (unpaired) electrons. The average Bonchev–Trinajstić information content (AvgIpc) is 2.40. The molecule has 0 saturated carbocycles. The van der Waals surface area contributed by atoms with Crippen molar-refractivity contribution >= 4 is 5.69 Å². The van der Waals surface area contributed by atoms with Crippen molar-refractivity contribution in [3.8, 4) is 17.7 Å². The van der Waals surface area contributed by atoms with Crippen LogP contribution in [0.3, 0.4) is 0 Å². The molecule has 0 N–H and O–H groups in total. The SMILES string of the molecule is Cc1ccnc(Oc2ccc(C#N)cc2F)c1[N+](=O)[O-]. The number of benzene rings is 1. The minimum absolute atomic E-state index is 0.126. The molecule has 0 saturated heterocycles. The molecular weight excluding hydrogens is 265 g/mol. The largest absolute Gasteiger partial charge is 0.431 e. The molecule has 0 aliphatic rings. The van der Waals surface area contributed by atoms with Crippen molar-refractivity contribution in [1.29, 1.82) is 5.26 Å². The Bertz CT molecular complexity index is 725. The second kappa shape index (κ2) is 5.32. The molecule has 0 unspecified atom stereocenters. The molecule has 2 aromatic rings. The fourth-order valence-corrected chi connectivity index (χ4v) is 1.58. The number of nitrogens with zero attached hydrogens (tertiary/aromatic N) is 3. The highest BCUT2D eigenvalue weighted by Crippen LogP contribution is 2.32. The third-order valence-electron chi connectivity index (χ3n) is 2.54. The molecule has 6 nitrogen and oxygen atoms in total. The van der Waals surface area contributed by atoms with Gasteiger partial charge in [0.1, 0.15) is 0 Å². The monoisotopic (exact) mass is 273 g/mol. The maximum atomic E-state index is 13.7. The summed E-state index contributed by atoms with van der Waals surface area (Å²) in [5, 5.41) is 19.6. The van der Waals surface area contributed by atoms with Gasteiger partial charge in [0.2, 0.25) is 0 Å². The molecule has 0 bridgehead atoms. The van der Waals surface area contributed by atoms with Gasteiger partial charge in [-0.2, -0.15) is 5.26 Å². The summed E-state index contributed by atoms with van der Waals surface area (Å²) in [6, 6.07) is 6.79. The molecule has 0 fully saturated rings. The molecule has 0 aliphatic heterocycles. The van der Waals surface area contributed by atoms with Crippen molar-refractivity contribution < 1.29 is 14.1 Å².